The molecule has 5 atom stereocenters. The first-order chi connectivity index (χ1) is 16.9. The fraction of sp³-hybridized carbons (Fsp3) is 0.480. The average molecular weight is 546 g/mol. The summed E-state index contributed by atoms with van der Waals surface area (Å²) in [6.45, 7) is 1.70. The first kappa shape index (κ1) is 26.9. The molecule has 0 heterocycles. The molecule has 2 aliphatic carbocycles. The van der Waals surface area contributed by atoms with Crippen molar-refractivity contribution < 1.29 is 36.6 Å². The third kappa shape index (κ3) is 4.53. The van der Waals surface area contributed by atoms with Gasteiger partial charge in [-0.05, 0) is 62.1 Å². The molecule has 6 nitrogen and oxygen atoms in total. The van der Waals surface area contributed by atoms with Crippen molar-refractivity contribution >= 4 is 33.0 Å². The van der Waals surface area contributed by atoms with Crippen LogP contribution in [0.1, 0.15) is 49.4 Å². The summed E-state index contributed by atoms with van der Waals surface area (Å²) in [5, 5.41) is 22.5. The summed E-state index contributed by atoms with van der Waals surface area (Å²) in [6.07, 6.45) is 2.29. The number of rotatable bonds is 7. The van der Waals surface area contributed by atoms with Crippen LogP contribution >= 0.6 is 11.6 Å². The number of anilines is 1. The third-order valence-electron chi connectivity index (χ3n) is 7.81. The molecule has 196 valence electrons. The SMILES string of the molecule is CCC(CO)[C@@]1(O)C2CC[C@H]1C[C@H](S(=O)(=O)c1cc(C(=O)Nc3cc(F)c(F)c(F)c3)ccc1Cl)C2. The standard InChI is InChI=1S/C25H27ClF3NO5S/c1-2-14(12-31)25(33)15-4-5-16(25)9-18(8-15)36(34,35)22-7-13(3-6-19(22)26)24(32)30-17-10-20(27)23(29)21(28)11-17/h3,6-7,10-11,14-16,18,31,33H,2,4-5,8-9,12H2,1H3,(H,30,32)/t14?,15-,16?,18-,25-/m0/s1. The highest BCUT2D eigenvalue weighted by atomic mass is 35.5. The van der Waals surface area contributed by atoms with Crippen LogP contribution in [0.3, 0.4) is 0 Å². The van der Waals surface area contributed by atoms with Gasteiger partial charge in [-0.2, -0.15) is 0 Å². The average Bonchev–Trinajstić information content (AvgIpc) is 2.99. The van der Waals surface area contributed by atoms with E-state index in [1.165, 1.54) is 12.1 Å². The van der Waals surface area contributed by atoms with Crippen molar-refractivity contribution in [3.05, 3.63) is 58.4 Å². The predicted molar refractivity (Wildman–Crippen MR) is 128 cm³/mol. The molecule has 2 aromatic carbocycles. The summed E-state index contributed by atoms with van der Waals surface area (Å²) in [5.74, 6) is -6.42. The Bertz CT molecular complexity index is 1250. The number of carbonyl (C=O) groups excluding carboxylic acids is 1. The Morgan fingerprint density at radius 1 is 1.14 bits per heavy atom. The van der Waals surface area contributed by atoms with E-state index in [0.717, 1.165) is 6.07 Å². The highest BCUT2D eigenvalue weighted by Crippen LogP contribution is 2.55. The van der Waals surface area contributed by atoms with Gasteiger partial charge in [-0.3, -0.25) is 4.79 Å². The van der Waals surface area contributed by atoms with Crippen molar-refractivity contribution in [1.29, 1.82) is 0 Å². The normalized spacial score (nSPS) is 26.6. The quantitative estimate of drug-likeness (QED) is 0.437. The molecule has 36 heavy (non-hydrogen) atoms. The molecule has 2 unspecified atom stereocenters. The van der Waals surface area contributed by atoms with Gasteiger partial charge in [-0.25, -0.2) is 21.6 Å². The van der Waals surface area contributed by atoms with Gasteiger partial charge in [-0.15, -0.1) is 0 Å². The molecule has 0 aromatic heterocycles. The Morgan fingerprint density at radius 2 is 1.72 bits per heavy atom. The maximum absolute atomic E-state index is 13.6. The largest absolute Gasteiger partial charge is 0.396 e. The monoisotopic (exact) mass is 545 g/mol. The van der Waals surface area contributed by atoms with E-state index in [9.17, 15) is 36.6 Å². The summed E-state index contributed by atoms with van der Waals surface area (Å²) in [5.41, 5.74) is -1.58. The van der Waals surface area contributed by atoms with Gasteiger partial charge in [0.1, 0.15) is 0 Å². The summed E-state index contributed by atoms with van der Waals surface area (Å²) in [7, 11) is -4.01. The molecule has 11 heteroatoms. The summed E-state index contributed by atoms with van der Waals surface area (Å²) >= 11 is 6.23. The molecule has 0 aliphatic heterocycles. The number of benzene rings is 2. The maximum atomic E-state index is 13.6. The van der Waals surface area contributed by atoms with E-state index >= 15 is 0 Å². The lowest BCUT2D eigenvalue weighted by atomic mass is 9.67. The highest BCUT2D eigenvalue weighted by Gasteiger charge is 2.58. The van der Waals surface area contributed by atoms with Gasteiger partial charge in [0.2, 0.25) is 0 Å². The number of hydrogen-bond donors (Lipinski definition) is 3. The van der Waals surface area contributed by atoms with Crippen LogP contribution in [0.4, 0.5) is 18.9 Å². The number of amides is 1. The van der Waals surface area contributed by atoms with Crippen molar-refractivity contribution in [2.24, 2.45) is 17.8 Å². The van der Waals surface area contributed by atoms with Gasteiger partial charge < -0.3 is 15.5 Å². The minimum atomic E-state index is -4.01. The van der Waals surface area contributed by atoms with Crippen molar-refractivity contribution in [3.8, 4) is 0 Å². The first-order valence-electron chi connectivity index (χ1n) is 11.8. The van der Waals surface area contributed by atoms with E-state index < -0.39 is 44.0 Å². The summed E-state index contributed by atoms with van der Waals surface area (Å²) < 4.78 is 67.4. The zero-order valence-electron chi connectivity index (χ0n) is 19.5. The number of aliphatic hydroxyl groups is 2. The number of hydrogen-bond acceptors (Lipinski definition) is 5. The minimum absolute atomic E-state index is 0.0830. The first-order valence-corrected chi connectivity index (χ1v) is 13.7. The second-order valence-corrected chi connectivity index (χ2v) is 12.2. The fourth-order valence-corrected chi connectivity index (χ4v) is 8.34. The van der Waals surface area contributed by atoms with E-state index in [0.29, 0.717) is 31.4 Å². The molecule has 2 aliphatic rings. The van der Waals surface area contributed by atoms with Crippen LogP contribution in [0.25, 0.3) is 0 Å². The lowest BCUT2D eigenvalue weighted by Crippen LogP contribution is -2.53. The van der Waals surface area contributed by atoms with Gasteiger partial charge in [0, 0.05) is 35.9 Å². The number of fused-ring (bicyclic) bond motifs is 2. The molecular weight excluding hydrogens is 519 g/mol. The van der Waals surface area contributed by atoms with Crippen LogP contribution in [0.2, 0.25) is 5.02 Å². The summed E-state index contributed by atoms with van der Waals surface area (Å²) in [4.78, 5) is 12.4. The Balaban J connectivity index is 1.59. The summed E-state index contributed by atoms with van der Waals surface area (Å²) in [6, 6.07) is 4.84. The van der Waals surface area contributed by atoms with Gasteiger partial charge in [-0.1, -0.05) is 18.5 Å². The van der Waals surface area contributed by atoms with Crippen molar-refractivity contribution in [1.82, 2.24) is 0 Å². The number of nitrogens with one attached hydrogen (secondary N) is 1. The van der Waals surface area contributed by atoms with Gasteiger partial charge in [0.15, 0.2) is 27.3 Å². The Labute approximate surface area is 212 Å². The molecule has 3 N–H and O–H groups in total. The molecule has 0 radical (unpaired) electrons. The lowest BCUT2D eigenvalue weighted by Gasteiger charge is -2.46. The van der Waals surface area contributed by atoms with Gasteiger partial charge in [0.05, 0.1) is 20.8 Å². The topological polar surface area (TPSA) is 104 Å². The van der Waals surface area contributed by atoms with Crippen LogP contribution in [0.5, 0.6) is 0 Å². The van der Waals surface area contributed by atoms with Crippen molar-refractivity contribution in [2.45, 2.75) is 54.8 Å². The third-order valence-corrected chi connectivity index (χ3v) is 10.5. The van der Waals surface area contributed by atoms with Crippen LogP contribution in [-0.4, -0.2) is 42.0 Å². The molecule has 2 bridgehead atoms. The number of carbonyl (C=O) groups is 1. The second kappa shape index (κ2) is 9.96. The number of sulfone groups is 1. The molecule has 2 fully saturated rings. The molecule has 2 saturated carbocycles. The Hall–Kier alpha value is -2.14. The van der Waals surface area contributed by atoms with Crippen LogP contribution in [0.15, 0.2) is 35.2 Å². The van der Waals surface area contributed by atoms with E-state index in [2.05, 4.69) is 5.32 Å². The van der Waals surface area contributed by atoms with Crippen molar-refractivity contribution in [2.75, 3.05) is 11.9 Å². The number of halogens is 4. The molecule has 0 spiro atoms. The molecule has 4 rings (SSSR count). The zero-order valence-corrected chi connectivity index (χ0v) is 21.1. The molecule has 2 aromatic rings. The second-order valence-electron chi connectivity index (χ2n) is 9.64. The van der Waals surface area contributed by atoms with Crippen molar-refractivity contribution in [3.63, 3.8) is 0 Å². The Morgan fingerprint density at radius 3 is 2.25 bits per heavy atom. The van der Waals surface area contributed by atoms with E-state index in [4.69, 9.17) is 11.6 Å². The lowest BCUT2D eigenvalue weighted by molar-refractivity contribution is -0.118. The maximum Gasteiger partial charge on any atom is 0.255 e. The van der Waals surface area contributed by atoms with E-state index in [1.807, 2.05) is 6.92 Å². The number of aliphatic hydroxyl groups excluding tert-OH is 1. The van der Waals surface area contributed by atoms with Gasteiger partial charge in [0.25, 0.3) is 5.91 Å². The highest BCUT2D eigenvalue weighted by molar-refractivity contribution is 7.92. The van der Waals surface area contributed by atoms with Gasteiger partial charge >= 0.3 is 0 Å². The van der Waals surface area contributed by atoms with E-state index in [1.54, 1.807) is 0 Å². The smallest absolute Gasteiger partial charge is 0.255 e. The van der Waals surface area contributed by atoms with Crippen LogP contribution < -0.4 is 5.32 Å². The minimum Gasteiger partial charge on any atom is -0.396 e. The van der Waals surface area contributed by atoms with Crippen LogP contribution in [-0.2, 0) is 9.84 Å². The fourth-order valence-electron chi connectivity index (χ4n) is 5.94. The molecular formula is C25H27ClF3NO5S. The molecule has 1 amide bonds. The van der Waals surface area contributed by atoms with Crippen LogP contribution in [0, 0.1) is 35.2 Å². The zero-order chi connectivity index (χ0) is 26.4. The van der Waals surface area contributed by atoms with E-state index in [-0.39, 0.29) is 58.4 Å². The molecule has 0 saturated heterocycles. The Kier molecular flexibility index (Phi) is 7.45. The predicted octanol–water partition coefficient (Wildman–Crippen LogP) is 4.72.